The van der Waals surface area contributed by atoms with Crippen molar-refractivity contribution < 1.29 is 0 Å². The molecule has 0 bridgehead atoms. The quantitative estimate of drug-likeness (QED) is 0.921. The number of thiazole rings is 1. The molecule has 0 fully saturated rings. The van der Waals surface area contributed by atoms with Gasteiger partial charge in [0.15, 0.2) is 0 Å². The van der Waals surface area contributed by atoms with Crippen molar-refractivity contribution in [3.63, 3.8) is 0 Å². The van der Waals surface area contributed by atoms with Gasteiger partial charge in [0.2, 0.25) is 0 Å². The minimum absolute atomic E-state index is 0.351. The van der Waals surface area contributed by atoms with Crippen LogP contribution in [0, 0.1) is 6.92 Å². The van der Waals surface area contributed by atoms with E-state index in [9.17, 15) is 0 Å². The molecule has 2 aromatic rings. The lowest BCUT2D eigenvalue weighted by Gasteiger charge is -2.13. The van der Waals surface area contributed by atoms with Crippen molar-refractivity contribution in [1.82, 2.24) is 10.3 Å². The Morgan fingerprint density at radius 1 is 1.35 bits per heavy atom. The lowest BCUT2D eigenvalue weighted by molar-refractivity contribution is 0.577. The highest BCUT2D eigenvalue weighted by Crippen LogP contribution is 2.18. The number of halogens is 1. The fraction of sp³-hybridized carbons (Fsp3) is 0.308. The van der Waals surface area contributed by atoms with Crippen LogP contribution in [0.5, 0.6) is 0 Å². The van der Waals surface area contributed by atoms with Crippen LogP contribution in [-0.2, 0) is 6.54 Å². The maximum absolute atomic E-state index is 4.25. The Labute approximate surface area is 114 Å². The van der Waals surface area contributed by atoms with Crippen LogP contribution in [0.15, 0.2) is 34.2 Å². The predicted molar refractivity (Wildman–Crippen MR) is 76.2 cm³/mol. The van der Waals surface area contributed by atoms with Crippen LogP contribution in [0.25, 0.3) is 0 Å². The summed E-state index contributed by atoms with van der Waals surface area (Å²) >= 11 is 5.16. The minimum Gasteiger partial charge on any atom is -0.305 e. The van der Waals surface area contributed by atoms with Crippen LogP contribution < -0.4 is 5.32 Å². The van der Waals surface area contributed by atoms with Crippen LogP contribution in [0.3, 0.4) is 0 Å². The molecule has 1 unspecified atom stereocenters. The van der Waals surface area contributed by atoms with Gasteiger partial charge in [-0.05, 0) is 31.5 Å². The Bertz CT molecular complexity index is 478. The SMILES string of the molecule is Cc1ncsc1CNC(C)c1ccc(Br)cc1. The smallest absolute Gasteiger partial charge is 0.0798 e. The molecule has 0 aliphatic carbocycles. The Morgan fingerprint density at radius 2 is 2.06 bits per heavy atom. The molecular weight excluding hydrogens is 296 g/mol. The lowest BCUT2D eigenvalue weighted by Crippen LogP contribution is -2.17. The predicted octanol–water partition coefficient (Wildman–Crippen LogP) is 4.06. The maximum Gasteiger partial charge on any atom is 0.0798 e. The molecule has 0 saturated carbocycles. The van der Waals surface area contributed by atoms with Crippen molar-refractivity contribution in [2.45, 2.75) is 26.4 Å². The summed E-state index contributed by atoms with van der Waals surface area (Å²) < 4.78 is 1.12. The van der Waals surface area contributed by atoms with Crippen molar-refractivity contribution in [3.05, 3.63) is 50.4 Å². The standard InChI is InChI=1S/C13H15BrN2S/c1-9(11-3-5-12(14)6-4-11)15-7-13-10(2)16-8-17-13/h3-6,8-9,15H,7H2,1-2H3. The van der Waals surface area contributed by atoms with Crippen molar-refractivity contribution >= 4 is 27.3 Å². The van der Waals surface area contributed by atoms with Gasteiger partial charge < -0.3 is 5.32 Å². The average Bonchev–Trinajstić information content (AvgIpc) is 2.73. The summed E-state index contributed by atoms with van der Waals surface area (Å²) in [7, 11) is 0. The van der Waals surface area contributed by atoms with Gasteiger partial charge in [-0.1, -0.05) is 28.1 Å². The molecule has 0 saturated heterocycles. The number of benzene rings is 1. The molecule has 90 valence electrons. The zero-order valence-electron chi connectivity index (χ0n) is 9.90. The van der Waals surface area contributed by atoms with E-state index in [4.69, 9.17) is 0 Å². The van der Waals surface area contributed by atoms with E-state index in [1.807, 2.05) is 5.51 Å². The summed E-state index contributed by atoms with van der Waals surface area (Å²) in [5, 5.41) is 3.52. The van der Waals surface area contributed by atoms with E-state index >= 15 is 0 Å². The lowest BCUT2D eigenvalue weighted by atomic mass is 10.1. The highest BCUT2D eigenvalue weighted by molar-refractivity contribution is 9.10. The van der Waals surface area contributed by atoms with Gasteiger partial charge >= 0.3 is 0 Å². The van der Waals surface area contributed by atoms with Crippen molar-refractivity contribution in [2.75, 3.05) is 0 Å². The maximum atomic E-state index is 4.25. The highest BCUT2D eigenvalue weighted by Gasteiger charge is 2.06. The van der Waals surface area contributed by atoms with Crippen molar-refractivity contribution in [2.24, 2.45) is 0 Å². The van der Waals surface area contributed by atoms with Gasteiger partial charge in [0.05, 0.1) is 11.2 Å². The summed E-state index contributed by atoms with van der Waals surface area (Å²) in [6.07, 6.45) is 0. The zero-order chi connectivity index (χ0) is 12.3. The molecule has 0 aliphatic rings. The van der Waals surface area contributed by atoms with Gasteiger partial charge in [-0.3, -0.25) is 0 Å². The second-order valence-corrected chi connectivity index (χ2v) is 5.87. The van der Waals surface area contributed by atoms with E-state index in [0.29, 0.717) is 6.04 Å². The molecule has 1 atom stereocenters. The Balaban J connectivity index is 1.95. The van der Waals surface area contributed by atoms with Gasteiger partial charge in [0.25, 0.3) is 0 Å². The first-order chi connectivity index (χ1) is 8.16. The summed E-state index contributed by atoms with van der Waals surface area (Å²) in [5.41, 5.74) is 4.33. The monoisotopic (exact) mass is 310 g/mol. The number of hydrogen-bond donors (Lipinski definition) is 1. The first-order valence-corrected chi connectivity index (χ1v) is 7.22. The van der Waals surface area contributed by atoms with Crippen LogP contribution >= 0.6 is 27.3 Å². The van der Waals surface area contributed by atoms with Gasteiger partial charge in [0.1, 0.15) is 0 Å². The van der Waals surface area contributed by atoms with E-state index in [0.717, 1.165) is 16.7 Å². The first kappa shape index (κ1) is 12.7. The molecule has 2 rings (SSSR count). The summed E-state index contributed by atoms with van der Waals surface area (Å²) in [5.74, 6) is 0. The molecule has 0 radical (unpaired) electrons. The number of nitrogens with zero attached hydrogens (tertiary/aromatic N) is 1. The first-order valence-electron chi connectivity index (χ1n) is 5.54. The molecule has 1 aromatic heterocycles. The normalized spacial score (nSPS) is 12.6. The van der Waals surface area contributed by atoms with Gasteiger partial charge in [0, 0.05) is 21.9 Å². The van der Waals surface area contributed by atoms with E-state index < -0.39 is 0 Å². The van der Waals surface area contributed by atoms with E-state index in [1.165, 1.54) is 10.4 Å². The third kappa shape index (κ3) is 3.37. The second kappa shape index (κ2) is 5.76. The molecule has 17 heavy (non-hydrogen) atoms. The molecule has 0 aliphatic heterocycles. The molecule has 1 aromatic carbocycles. The molecule has 4 heteroatoms. The van der Waals surface area contributed by atoms with E-state index in [2.05, 4.69) is 64.3 Å². The highest BCUT2D eigenvalue weighted by atomic mass is 79.9. The minimum atomic E-state index is 0.351. The fourth-order valence-electron chi connectivity index (χ4n) is 1.61. The van der Waals surface area contributed by atoms with E-state index in [1.54, 1.807) is 11.3 Å². The van der Waals surface area contributed by atoms with Crippen molar-refractivity contribution in [1.29, 1.82) is 0 Å². The number of aromatic nitrogens is 1. The molecule has 1 heterocycles. The Kier molecular flexibility index (Phi) is 4.31. The van der Waals surface area contributed by atoms with Gasteiger partial charge in [-0.25, -0.2) is 4.98 Å². The molecule has 2 nitrogen and oxygen atoms in total. The zero-order valence-corrected chi connectivity index (χ0v) is 12.3. The number of nitrogens with one attached hydrogen (secondary N) is 1. The van der Waals surface area contributed by atoms with Crippen LogP contribution in [0.4, 0.5) is 0 Å². The van der Waals surface area contributed by atoms with Crippen LogP contribution in [0.2, 0.25) is 0 Å². The largest absolute Gasteiger partial charge is 0.305 e. The molecule has 1 N–H and O–H groups in total. The second-order valence-electron chi connectivity index (χ2n) is 4.02. The van der Waals surface area contributed by atoms with Gasteiger partial charge in [-0.2, -0.15) is 0 Å². The Hall–Kier alpha value is -0.710. The summed E-state index contributed by atoms with van der Waals surface area (Å²) in [4.78, 5) is 5.57. The number of rotatable bonds is 4. The molecule has 0 spiro atoms. The number of hydrogen-bond acceptors (Lipinski definition) is 3. The fourth-order valence-corrected chi connectivity index (χ4v) is 2.60. The topological polar surface area (TPSA) is 24.9 Å². The van der Waals surface area contributed by atoms with Crippen LogP contribution in [-0.4, -0.2) is 4.98 Å². The third-order valence-electron chi connectivity index (χ3n) is 2.78. The number of aryl methyl sites for hydroxylation is 1. The average molecular weight is 311 g/mol. The summed E-state index contributed by atoms with van der Waals surface area (Å²) in [6, 6.07) is 8.78. The van der Waals surface area contributed by atoms with Gasteiger partial charge in [-0.15, -0.1) is 11.3 Å². The third-order valence-corrected chi connectivity index (χ3v) is 4.25. The van der Waals surface area contributed by atoms with Crippen LogP contribution in [0.1, 0.15) is 29.1 Å². The molecule has 0 amide bonds. The Morgan fingerprint density at radius 3 is 2.65 bits per heavy atom. The summed E-state index contributed by atoms with van der Waals surface area (Å²) in [6.45, 7) is 5.12. The van der Waals surface area contributed by atoms with Crippen molar-refractivity contribution in [3.8, 4) is 0 Å². The molecular formula is C13H15BrN2S. The van der Waals surface area contributed by atoms with E-state index in [-0.39, 0.29) is 0 Å².